The SMILES string of the molecule is CC(=O)N1CC(n2nc(-c3cccc(OC(C)F)c3)c3ncc(C(=O)NC4(C)CS(=O)(=O)C4)cc32)C1. The van der Waals surface area contributed by atoms with Crippen LogP contribution >= 0.6 is 0 Å². The van der Waals surface area contributed by atoms with Gasteiger partial charge in [-0.1, -0.05) is 12.1 Å². The molecule has 1 N–H and O–H groups in total. The number of amides is 2. The number of fused-ring (bicyclic) bond motifs is 1. The number of hydrogen-bond acceptors (Lipinski definition) is 7. The second-order valence-electron chi connectivity index (χ2n) is 9.70. The first-order chi connectivity index (χ1) is 16.9. The van der Waals surface area contributed by atoms with Crippen LogP contribution < -0.4 is 10.1 Å². The molecule has 1 unspecified atom stereocenters. The number of carbonyl (C=O) groups is 2. The Morgan fingerprint density at radius 2 is 1.97 bits per heavy atom. The quantitative estimate of drug-likeness (QED) is 0.533. The van der Waals surface area contributed by atoms with Crippen LogP contribution in [-0.2, 0) is 14.6 Å². The van der Waals surface area contributed by atoms with Crippen molar-refractivity contribution in [3.8, 4) is 17.0 Å². The molecular weight excluding hydrogens is 489 g/mol. The van der Waals surface area contributed by atoms with E-state index in [2.05, 4.69) is 10.3 Å². The zero-order valence-corrected chi connectivity index (χ0v) is 20.9. The van der Waals surface area contributed by atoms with Crippen LogP contribution in [0.1, 0.15) is 37.2 Å². The van der Waals surface area contributed by atoms with Gasteiger partial charge in [0.1, 0.15) is 17.0 Å². The molecule has 1 aromatic carbocycles. The molecule has 0 aliphatic carbocycles. The summed E-state index contributed by atoms with van der Waals surface area (Å²) in [4.78, 5) is 30.9. The van der Waals surface area contributed by atoms with Gasteiger partial charge in [0.25, 0.3) is 5.91 Å². The summed E-state index contributed by atoms with van der Waals surface area (Å²) in [7, 11) is -3.13. The van der Waals surface area contributed by atoms with Crippen molar-refractivity contribution in [2.24, 2.45) is 0 Å². The number of likely N-dealkylation sites (tertiary alicyclic amines) is 1. The van der Waals surface area contributed by atoms with Crippen LogP contribution in [0, 0.1) is 0 Å². The summed E-state index contributed by atoms with van der Waals surface area (Å²) >= 11 is 0. The van der Waals surface area contributed by atoms with Crippen LogP contribution in [0.5, 0.6) is 5.75 Å². The van der Waals surface area contributed by atoms with E-state index in [0.717, 1.165) is 0 Å². The summed E-state index contributed by atoms with van der Waals surface area (Å²) in [5, 5.41) is 7.57. The molecule has 2 aliphatic heterocycles. The molecule has 4 heterocycles. The molecule has 190 valence electrons. The maximum atomic E-state index is 13.4. The van der Waals surface area contributed by atoms with Crippen molar-refractivity contribution in [1.29, 1.82) is 0 Å². The normalized spacial score (nSPS) is 19.3. The van der Waals surface area contributed by atoms with Gasteiger partial charge in [0.15, 0.2) is 9.84 Å². The Morgan fingerprint density at radius 3 is 2.61 bits per heavy atom. The summed E-state index contributed by atoms with van der Waals surface area (Å²) in [6, 6.07) is 8.42. The molecule has 2 aliphatic rings. The monoisotopic (exact) mass is 515 g/mol. The maximum absolute atomic E-state index is 13.4. The van der Waals surface area contributed by atoms with Gasteiger partial charge in [-0.3, -0.25) is 19.3 Å². The van der Waals surface area contributed by atoms with Gasteiger partial charge in [-0.05, 0) is 25.1 Å². The van der Waals surface area contributed by atoms with Gasteiger partial charge < -0.3 is 15.0 Å². The lowest BCUT2D eigenvalue weighted by atomic mass is 10.1. The van der Waals surface area contributed by atoms with Crippen molar-refractivity contribution in [3.63, 3.8) is 0 Å². The number of pyridine rings is 1. The molecule has 0 spiro atoms. The maximum Gasteiger partial charge on any atom is 0.253 e. The number of benzene rings is 1. The van der Waals surface area contributed by atoms with Crippen molar-refractivity contribution < 1.29 is 27.1 Å². The third kappa shape index (κ3) is 4.52. The van der Waals surface area contributed by atoms with Gasteiger partial charge in [0.05, 0.1) is 34.2 Å². The third-order valence-corrected chi connectivity index (χ3v) is 8.51. The highest BCUT2D eigenvalue weighted by atomic mass is 32.2. The standard InChI is InChI=1S/C24H26FN5O5S/c1-14(25)35-19-6-4-5-16(7-19)21-22-20(30(28-21)18-10-29(11-18)15(2)31)8-17(9-26-22)23(32)27-24(3)12-36(33,34)13-24/h4-9,14,18H,10-13H2,1-3H3,(H,27,32). The summed E-state index contributed by atoms with van der Waals surface area (Å²) in [5.41, 5.74) is 1.79. The zero-order chi connectivity index (χ0) is 25.8. The highest BCUT2D eigenvalue weighted by Crippen LogP contribution is 2.33. The first kappa shape index (κ1) is 24.2. The molecule has 10 nitrogen and oxygen atoms in total. The second kappa shape index (κ2) is 8.54. The molecule has 36 heavy (non-hydrogen) atoms. The largest absolute Gasteiger partial charge is 0.461 e. The molecule has 0 radical (unpaired) electrons. The Balaban J connectivity index is 1.52. The molecule has 3 aromatic rings. The van der Waals surface area contributed by atoms with E-state index in [1.807, 2.05) is 6.07 Å². The Labute approximate surface area is 207 Å². The molecule has 12 heteroatoms. The minimum absolute atomic E-state index is 0.0324. The van der Waals surface area contributed by atoms with Crippen molar-refractivity contribution in [3.05, 3.63) is 42.1 Å². The molecule has 2 fully saturated rings. The van der Waals surface area contributed by atoms with Crippen molar-refractivity contribution in [2.45, 2.75) is 38.7 Å². The molecular formula is C24H26FN5O5S. The van der Waals surface area contributed by atoms with Crippen LogP contribution in [0.4, 0.5) is 4.39 Å². The number of rotatable bonds is 6. The topological polar surface area (TPSA) is 123 Å². The average Bonchev–Trinajstić information content (AvgIpc) is 3.09. The lowest BCUT2D eigenvalue weighted by molar-refractivity contribution is -0.134. The first-order valence-electron chi connectivity index (χ1n) is 11.5. The number of ether oxygens (including phenoxy) is 1. The number of sulfone groups is 1. The van der Waals surface area contributed by atoms with Crippen LogP contribution in [0.15, 0.2) is 36.5 Å². The minimum Gasteiger partial charge on any atom is -0.461 e. The molecule has 0 bridgehead atoms. The predicted octanol–water partition coefficient (Wildman–Crippen LogP) is 2.11. The number of carbonyl (C=O) groups excluding carboxylic acids is 2. The molecule has 5 rings (SSSR count). The van der Waals surface area contributed by atoms with E-state index in [0.29, 0.717) is 41.1 Å². The van der Waals surface area contributed by atoms with E-state index in [1.54, 1.807) is 40.8 Å². The summed E-state index contributed by atoms with van der Waals surface area (Å²) in [6.45, 7) is 5.44. The van der Waals surface area contributed by atoms with Crippen molar-refractivity contribution >= 4 is 32.7 Å². The second-order valence-corrected chi connectivity index (χ2v) is 11.8. The Hall–Kier alpha value is -3.54. The van der Waals surface area contributed by atoms with E-state index >= 15 is 0 Å². The molecule has 0 saturated carbocycles. The number of hydrogen-bond donors (Lipinski definition) is 1. The average molecular weight is 516 g/mol. The summed E-state index contributed by atoms with van der Waals surface area (Å²) < 4.78 is 43.6. The van der Waals surface area contributed by atoms with Crippen molar-refractivity contribution in [2.75, 3.05) is 24.6 Å². The lowest BCUT2D eigenvalue weighted by Crippen LogP contribution is -2.63. The highest BCUT2D eigenvalue weighted by molar-refractivity contribution is 7.93. The zero-order valence-electron chi connectivity index (χ0n) is 20.1. The fourth-order valence-electron chi connectivity index (χ4n) is 4.73. The van der Waals surface area contributed by atoms with Gasteiger partial charge in [0.2, 0.25) is 12.3 Å². The highest BCUT2D eigenvalue weighted by Gasteiger charge is 2.46. The summed E-state index contributed by atoms with van der Waals surface area (Å²) in [5.74, 6) is -0.334. The van der Waals surface area contributed by atoms with Crippen LogP contribution in [0.25, 0.3) is 22.3 Å². The van der Waals surface area contributed by atoms with Gasteiger partial charge in [0, 0.05) is 38.7 Å². The van der Waals surface area contributed by atoms with Crippen LogP contribution in [0.3, 0.4) is 0 Å². The fraction of sp³-hybridized carbons (Fsp3) is 0.417. The number of nitrogens with one attached hydrogen (secondary N) is 1. The lowest BCUT2D eigenvalue weighted by Gasteiger charge is -2.39. The van der Waals surface area contributed by atoms with E-state index in [4.69, 9.17) is 9.84 Å². The van der Waals surface area contributed by atoms with Gasteiger partial charge in [-0.15, -0.1) is 0 Å². The van der Waals surface area contributed by atoms with Crippen LogP contribution in [-0.4, -0.2) is 76.4 Å². The van der Waals surface area contributed by atoms with E-state index in [1.165, 1.54) is 20.0 Å². The number of aromatic nitrogens is 3. The molecule has 2 amide bonds. The first-order valence-corrected chi connectivity index (χ1v) is 13.3. The Bertz CT molecular complexity index is 1470. The van der Waals surface area contributed by atoms with Gasteiger partial charge in [-0.25, -0.2) is 12.8 Å². The van der Waals surface area contributed by atoms with Crippen LogP contribution in [0.2, 0.25) is 0 Å². The number of nitrogens with zero attached hydrogens (tertiary/aromatic N) is 4. The smallest absolute Gasteiger partial charge is 0.253 e. The number of alkyl halides is 1. The minimum atomic E-state index is -3.13. The van der Waals surface area contributed by atoms with E-state index < -0.39 is 27.6 Å². The van der Waals surface area contributed by atoms with Crippen molar-refractivity contribution in [1.82, 2.24) is 25.0 Å². The van der Waals surface area contributed by atoms with Gasteiger partial charge >= 0.3 is 0 Å². The van der Waals surface area contributed by atoms with Gasteiger partial charge in [-0.2, -0.15) is 5.10 Å². The molecule has 2 saturated heterocycles. The predicted molar refractivity (Wildman–Crippen MR) is 130 cm³/mol. The molecule has 2 aromatic heterocycles. The molecule has 1 atom stereocenters. The van der Waals surface area contributed by atoms with E-state index in [9.17, 15) is 22.4 Å². The third-order valence-electron chi connectivity index (χ3n) is 6.36. The fourth-order valence-corrected chi connectivity index (χ4v) is 6.74. The number of halogens is 1. The van der Waals surface area contributed by atoms with E-state index in [-0.39, 0.29) is 29.0 Å². The Morgan fingerprint density at radius 1 is 1.25 bits per heavy atom. The Kier molecular flexibility index (Phi) is 5.73. The summed E-state index contributed by atoms with van der Waals surface area (Å²) in [6.07, 6.45) is -0.0510.